The lowest BCUT2D eigenvalue weighted by atomic mass is 10.1. The average molecular weight is 220 g/mol. The normalized spacial score (nSPS) is 10.9. The van der Waals surface area contributed by atoms with Gasteiger partial charge in [-0.2, -0.15) is 5.26 Å². The number of aryl methyl sites for hydroxylation is 1. The molecule has 0 radical (unpaired) electrons. The molecule has 17 heavy (non-hydrogen) atoms. The predicted molar refractivity (Wildman–Crippen MR) is 68.9 cm³/mol. The molecule has 2 nitrogen and oxygen atoms in total. The third kappa shape index (κ3) is 2.79. The van der Waals surface area contributed by atoms with Gasteiger partial charge in [0.2, 0.25) is 0 Å². The number of hydrogen-bond donors (Lipinski definition) is 0. The largest absolute Gasteiger partial charge is 0.256 e. The van der Waals surface area contributed by atoms with Crippen molar-refractivity contribution in [2.45, 2.75) is 6.92 Å². The van der Waals surface area contributed by atoms with Gasteiger partial charge in [-0.15, -0.1) is 0 Å². The lowest BCUT2D eigenvalue weighted by Crippen LogP contribution is -1.85. The third-order valence-electron chi connectivity index (χ3n) is 2.45. The number of pyridine rings is 1. The summed E-state index contributed by atoms with van der Waals surface area (Å²) in [6.07, 6.45) is 3.54. The Morgan fingerprint density at radius 1 is 1.18 bits per heavy atom. The van der Waals surface area contributed by atoms with Crippen molar-refractivity contribution in [2.75, 3.05) is 0 Å². The first-order chi connectivity index (χ1) is 8.29. The standard InChI is InChI=1S/C15H12N2/c1-12-5-7-13(8-6-12)10-14(11-16)15-4-2-3-9-17-15/h2-10H,1H3/b14-10+. The van der Waals surface area contributed by atoms with Crippen molar-refractivity contribution in [2.24, 2.45) is 0 Å². The highest BCUT2D eigenvalue weighted by Gasteiger charge is 2.00. The minimum Gasteiger partial charge on any atom is -0.256 e. The van der Waals surface area contributed by atoms with Crippen LogP contribution in [-0.4, -0.2) is 4.98 Å². The second-order valence-corrected chi connectivity index (χ2v) is 3.80. The maximum atomic E-state index is 9.14. The summed E-state index contributed by atoms with van der Waals surface area (Å²) in [5.41, 5.74) is 3.50. The van der Waals surface area contributed by atoms with Gasteiger partial charge in [0.05, 0.1) is 11.3 Å². The molecule has 2 heteroatoms. The molecule has 0 aliphatic carbocycles. The summed E-state index contributed by atoms with van der Waals surface area (Å²) < 4.78 is 0. The van der Waals surface area contributed by atoms with Gasteiger partial charge in [0.15, 0.2) is 0 Å². The van der Waals surface area contributed by atoms with Gasteiger partial charge in [0.1, 0.15) is 6.07 Å². The van der Waals surface area contributed by atoms with Crippen molar-refractivity contribution < 1.29 is 0 Å². The Kier molecular flexibility index (Phi) is 3.32. The topological polar surface area (TPSA) is 36.7 Å². The van der Waals surface area contributed by atoms with E-state index in [0.29, 0.717) is 11.3 Å². The van der Waals surface area contributed by atoms with Crippen LogP contribution in [-0.2, 0) is 0 Å². The molecule has 0 atom stereocenters. The molecule has 0 bridgehead atoms. The highest BCUT2D eigenvalue weighted by atomic mass is 14.7. The molecule has 0 unspecified atom stereocenters. The first kappa shape index (κ1) is 11.1. The third-order valence-corrected chi connectivity index (χ3v) is 2.45. The first-order valence-corrected chi connectivity index (χ1v) is 5.39. The van der Waals surface area contributed by atoms with E-state index in [2.05, 4.69) is 11.1 Å². The van der Waals surface area contributed by atoms with Crippen LogP contribution >= 0.6 is 0 Å². The van der Waals surface area contributed by atoms with E-state index in [0.717, 1.165) is 5.56 Å². The van der Waals surface area contributed by atoms with Crippen LogP contribution in [0.25, 0.3) is 11.6 Å². The molecule has 0 fully saturated rings. The number of nitriles is 1. The molecule has 2 rings (SSSR count). The lowest BCUT2D eigenvalue weighted by molar-refractivity contribution is 1.28. The summed E-state index contributed by atoms with van der Waals surface area (Å²) in [4.78, 5) is 4.17. The number of allylic oxidation sites excluding steroid dienone is 1. The van der Waals surface area contributed by atoms with Crippen LogP contribution in [0.4, 0.5) is 0 Å². The number of rotatable bonds is 2. The van der Waals surface area contributed by atoms with Gasteiger partial charge in [0, 0.05) is 6.20 Å². The maximum absolute atomic E-state index is 9.14. The number of hydrogen-bond acceptors (Lipinski definition) is 2. The summed E-state index contributed by atoms with van der Waals surface area (Å²) in [5, 5.41) is 9.14. The molecule has 0 amide bonds. The lowest BCUT2D eigenvalue weighted by Gasteiger charge is -1.99. The minimum atomic E-state index is 0.578. The first-order valence-electron chi connectivity index (χ1n) is 5.39. The van der Waals surface area contributed by atoms with Crippen LogP contribution in [0.3, 0.4) is 0 Å². The van der Waals surface area contributed by atoms with Crippen LogP contribution < -0.4 is 0 Å². The molecule has 1 aromatic carbocycles. The molecule has 1 aromatic heterocycles. The van der Waals surface area contributed by atoms with Gasteiger partial charge in [0.25, 0.3) is 0 Å². The van der Waals surface area contributed by atoms with E-state index < -0.39 is 0 Å². The SMILES string of the molecule is Cc1ccc(/C=C(\C#N)c2ccccn2)cc1. The van der Waals surface area contributed by atoms with E-state index in [1.54, 1.807) is 6.20 Å². The zero-order valence-electron chi connectivity index (χ0n) is 9.59. The average Bonchev–Trinajstić information content (AvgIpc) is 2.39. The molecule has 0 aliphatic heterocycles. The van der Waals surface area contributed by atoms with E-state index in [1.165, 1.54) is 5.56 Å². The summed E-state index contributed by atoms with van der Waals surface area (Å²) in [7, 11) is 0. The quantitative estimate of drug-likeness (QED) is 0.727. The molecule has 82 valence electrons. The second kappa shape index (κ2) is 5.09. The fourth-order valence-corrected chi connectivity index (χ4v) is 1.51. The molecule has 2 aromatic rings. The van der Waals surface area contributed by atoms with Crippen molar-refractivity contribution in [3.63, 3.8) is 0 Å². The molecular formula is C15H12N2. The zero-order chi connectivity index (χ0) is 12.1. The van der Waals surface area contributed by atoms with E-state index in [4.69, 9.17) is 5.26 Å². The summed E-state index contributed by atoms with van der Waals surface area (Å²) in [6.45, 7) is 2.04. The Labute approximate surface area is 101 Å². The Morgan fingerprint density at radius 3 is 2.53 bits per heavy atom. The predicted octanol–water partition coefficient (Wildman–Crippen LogP) is 3.45. The van der Waals surface area contributed by atoms with Crippen LogP contribution in [0.2, 0.25) is 0 Å². The monoisotopic (exact) mass is 220 g/mol. The van der Waals surface area contributed by atoms with Crippen molar-refractivity contribution in [3.8, 4) is 6.07 Å². The fraction of sp³-hybridized carbons (Fsp3) is 0.0667. The Bertz CT molecular complexity index is 560. The van der Waals surface area contributed by atoms with Gasteiger partial charge in [-0.1, -0.05) is 35.9 Å². The molecular weight excluding hydrogens is 208 g/mol. The minimum absolute atomic E-state index is 0.578. The Hall–Kier alpha value is -2.40. The molecule has 0 N–H and O–H groups in total. The molecule has 1 heterocycles. The maximum Gasteiger partial charge on any atom is 0.101 e. The smallest absolute Gasteiger partial charge is 0.101 e. The highest BCUT2D eigenvalue weighted by Crippen LogP contribution is 2.15. The highest BCUT2D eigenvalue weighted by molar-refractivity contribution is 5.88. The van der Waals surface area contributed by atoms with Crippen LogP contribution in [0, 0.1) is 18.3 Å². The van der Waals surface area contributed by atoms with Gasteiger partial charge < -0.3 is 0 Å². The Balaban J connectivity index is 2.37. The number of aromatic nitrogens is 1. The summed E-state index contributed by atoms with van der Waals surface area (Å²) in [6, 6.07) is 15.8. The van der Waals surface area contributed by atoms with Crippen molar-refractivity contribution in [3.05, 3.63) is 65.5 Å². The molecule has 0 aliphatic rings. The zero-order valence-corrected chi connectivity index (χ0v) is 9.59. The van der Waals surface area contributed by atoms with E-state index in [1.807, 2.05) is 55.5 Å². The molecule has 0 saturated heterocycles. The molecule has 0 spiro atoms. The molecule has 0 saturated carbocycles. The fourth-order valence-electron chi connectivity index (χ4n) is 1.51. The summed E-state index contributed by atoms with van der Waals surface area (Å²) in [5.74, 6) is 0. The van der Waals surface area contributed by atoms with E-state index >= 15 is 0 Å². The number of nitrogens with zero attached hydrogens (tertiary/aromatic N) is 2. The van der Waals surface area contributed by atoms with Crippen LogP contribution in [0.1, 0.15) is 16.8 Å². The second-order valence-electron chi connectivity index (χ2n) is 3.80. The van der Waals surface area contributed by atoms with E-state index in [-0.39, 0.29) is 0 Å². The number of benzene rings is 1. The van der Waals surface area contributed by atoms with Crippen molar-refractivity contribution in [1.29, 1.82) is 5.26 Å². The van der Waals surface area contributed by atoms with Gasteiger partial charge in [-0.3, -0.25) is 4.98 Å². The van der Waals surface area contributed by atoms with Crippen molar-refractivity contribution >= 4 is 11.6 Å². The van der Waals surface area contributed by atoms with Crippen molar-refractivity contribution in [1.82, 2.24) is 4.98 Å². The van der Waals surface area contributed by atoms with Gasteiger partial charge in [-0.05, 0) is 30.7 Å². The van der Waals surface area contributed by atoms with Gasteiger partial charge in [-0.25, -0.2) is 0 Å². The van der Waals surface area contributed by atoms with Crippen LogP contribution in [0.15, 0.2) is 48.7 Å². The Morgan fingerprint density at radius 2 is 1.94 bits per heavy atom. The van der Waals surface area contributed by atoms with E-state index in [9.17, 15) is 0 Å². The van der Waals surface area contributed by atoms with Crippen LogP contribution in [0.5, 0.6) is 0 Å². The van der Waals surface area contributed by atoms with Gasteiger partial charge >= 0.3 is 0 Å². The summed E-state index contributed by atoms with van der Waals surface area (Å²) >= 11 is 0.